The van der Waals surface area contributed by atoms with E-state index >= 15 is 0 Å². The van der Waals surface area contributed by atoms with E-state index in [0.29, 0.717) is 63.2 Å². The van der Waals surface area contributed by atoms with Crippen molar-refractivity contribution in [3.8, 4) is 11.5 Å². The molecule has 2 aliphatic heterocycles. The van der Waals surface area contributed by atoms with E-state index in [2.05, 4.69) is 35.8 Å². The molecule has 2 aromatic heterocycles. The van der Waals surface area contributed by atoms with E-state index in [1.807, 2.05) is 4.90 Å². The lowest BCUT2D eigenvalue weighted by Crippen LogP contribution is -2.51. The first kappa shape index (κ1) is 19.4. The van der Waals surface area contributed by atoms with Gasteiger partial charge in [-0.3, -0.25) is 19.7 Å². The molecule has 2 fully saturated rings. The molecule has 29 heavy (non-hydrogen) atoms. The van der Waals surface area contributed by atoms with Crippen LogP contribution in [0.4, 0.5) is 0 Å². The number of aromatic nitrogens is 5. The highest BCUT2D eigenvalue weighted by Gasteiger charge is 2.33. The van der Waals surface area contributed by atoms with E-state index in [1.165, 1.54) is 0 Å². The largest absolute Gasteiger partial charge is 0.378 e. The van der Waals surface area contributed by atoms with Crippen LogP contribution in [-0.4, -0.2) is 81.3 Å². The van der Waals surface area contributed by atoms with E-state index < -0.39 is 0 Å². The summed E-state index contributed by atoms with van der Waals surface area (Å²) in [5.74, 6) is 0.505. The Labute approximate surface area is 167 Å². The highest BCUT2D eigenvalue weighted by molar-refractivity contribution is 5.83. The van der Waals surface area contributed by atoms with Gasteiger partial charge in [0, 0.05) is 38.6 Å². The van der Waals surface area contributed by atoms with Gasteiger partial charge in [0.2, 0.25) is 17.6 Å². The third-order valence-electron chi connectivity index (χ3n) is 5.15. The lowest BCUT2D eigenvalue weighted by atomic mass is 9.88. The van der Waals surface area contributed by atoms with Crippen LogP contribution in [0.5, 0.6) is 0 Å². The Bertz CT molecular complexity index is 837. The molecule has 4 heterocycles. The van der Waals surface area contributed by atoms with Crippen LogP contribution in [0, 0.1) is 11.8 Å². The maximum Gasteiger partial charge on any atom is 0.227 e. The van der Waals surface area contributed by atoms with Crippen molar-refractivity contribution in [1.29, 1.82) is 0 Å². The van der Waals surface area contributed by atoms with Gasteiger partial charge in [0.15, 0.2) is 0 Å². The van der Waals surface area contributed by atoms with Gasteiger partial charge in [-0.2, -0.15) is 5.10 Å². The number of aromatic amines is 1. The van der Waals surface area contributed by atoms with Crippen molar-refractivity contribution in [3.05, 3.63) is 24.4 Å². The van der Waals surface area contributed by atoms with Crippen LogP contribution < -0.4 is 10.6 Å². The lowest BCUT2D eigenvalue weighted by molar-refractivity contribution is -0.141. The summed E-state index contributed by atoms with van der Waals surface area (Å²) in [7, 11) is 0. The molecule has 0 aliphatic carbocycles. The molecule has 2 atom stereocenters. The Morgan fingerprint density at radius 2 is 2.03 bits per heavy atom. The molecular weight excluding hydrogens is 376 g/mol. The van der Waals surface area contributed by atoms with Crippen LogP contribution >= 0.6 is 0 Å². The average molecular weight is 400 g/mol. The van der Waals surface area contributed by atoms with E-state index in [1.54, 1.807) is 18.6 Å². The van der Waals surface area contributed by atoms with Crippen LogP contribution in [-0.2, 0) is 20.9 Å². The Balaban J connectivity index is 1.29. The van der Waals surface area contributed by atoms with Gasteiger partial charge in [0.05, 0.1) is 37.8 Å². The number of ether oxygens (including phenoxy) is 1. The fraction of sp³-hybridized carbons (Fsp3) is 0.556. The van der Waals surface area contributed by atoms with E-state index in [9.17, 15) is 9.59 Å². The predicted octanol–water partition coefficient (Wildman–Crippen LogP) is -1.04. The summed E-state index contributed by atoms with van der Waals surface area (Å²) >= 11 is 0. The molecule has 11 nitrogen and oxygen atoms in total. The van der Waals surface area contributed by atoms with Crippen molar-refractivity contribution in [1.82, 2.24) is 40.7 Å². The summed E-state index contributed by atoms with van der Waals surface area (Å²) in [5.41, 5.74) is 0.558. The quantitative estimate of drug-likeness (QED) is 0.579. The number of rotatable bonds is 5. The maximum atomic E-state index is 12.7. The van der Waals surface area contributed by atoms with Gasteiger partial charge in [-0.25, -0.2) is 9.97 Å². The number of nitrogens with zero attached hydrogens (tertiary/aromatic N) is 5. The van der Waals surface area contributed by atoms with Gasteiger partial charge in [0.1, 0.15) is 11.5 Å². The minimum Gasteiger partial charge on any atom is -0.378 e. The summed E-state index contributed by atoms with van der Waals surface area (Å²) in [5, 5.41) is 13.0. The predicted molar refractivity (Wildman–Crippen MR) is 101 cm³/mol. The van der Waals surface area contributed by atoms with E-state index in [-0.39, 0.29) is 30.2 Å². The molecule has 2 saturated heterocycles. The van der Waals surface area contributed by atoms with Crippen LogP contribution in [0.25, 0.3) is 11.5 Å². The fourth-order valence-electron chi connectivity index (χ4n) is 3.59. The van der Waals surface area contributed by atoms with Crippen molar-refractivity contribution in [3.63, 3.8) is 0 Å². The molecule has 0 spiro atoms. The molecule has 0 bridgehead atoms. The van der Waals surface area contributed by atoms with Gasteiger partial charge in [-0.1, -0.05) is 0 Å². The number of amides is 2. The molecule has 3 N–H and O–H groups in total. The highest BCUT2D eigenvalue weighted by atomic mass is 16.5. The molecule has 0 saturated carbocycles. The summed E-state index contributed by atoms with van der Waals surface area (Å²) in [6.07, 6.45) is 5.26. The SMILES string of the molecule is O=C(NCc1nc(-c2cnccn2)n[nH]1)[C@H]1CNC[C@H](C(=O)N2CCOCC2)C1. The van der Waals surface area contributed by atoms with Gasteiger partial charge < -0.3 is 20.3 Å². The first-order chi connectivity index (χ1) is 14.2. The van der Waals surface area contributed by atoms with Crippen LogP contribution in [0.15, 0.2) is 18.6 Å². The minimum atomic E-state index is -0.263. The van der Waals surface area contributed by atoms with Crippen molar-refractivity contribution in [2.75, 3.05) is 39.4 Å². The molecule has 0 aromatic carbocycles. The molecular formula is C18H24N8O3. The topological polar surface area (TPSA) is 138 Å². The molecule has 2 aliphatic rings. The number of nitrogens with one attached hydrogen (secondary N) is 3. The third-order valence-corrected chi connectivity index (χ3v) is 5.15. The van der Waals surface area contributed by atoms with Gasteiger partial charge >= 0.3 is 0 Å². The number of morpholine rings is 1. The summed E-state index contributed by atoms with van der Waals surface area (Å²) in [6, 6.07) is 0. The van der Waals surface area contributed by atoms with Crippen molar-refractivity contribution in [2.45, 2.75) is 13.0 Å². The zero-order valence-corrected chi connectivity index (χ0v) is 16.0. The van der Waals surface area contributed by atoms with Crippen LogP contribution in [0.2, 0.25) is 0 Å². The molecule has 4 rings (SSSR count). The van der Waals surface area contributed by atoms with Gasteiger partial charge in [-0.15, -0.1) is 0 Å². The van der Waals surface area contributed by atoms with E-state index in [4.69, 9.17) is 4.74 Å². The standard InChI is InChI=1S/C18H24N8O3/c27-17(22-11-15-23-16(25-24-15)14-10-19-1-2-21-14)12-7-13(9-20-8-12)18(28)26-3-5-29-6-4-26/h1-2,10,12-13,20H,3-9,11H2,(H,22,27)(H,23,24,25)/t12-,13-/m1/s1. The minimum absolute atomic E-state index is 0.0992. The number of carbonyl (C=O) groups excluding carboxylic acids is 2. The normalized spacial score (nSPS) is 22.3. The number of H-pyrrole nitrogens is 1. The lowest BCUT2D eigenvalue weighted by Gasteiger charge is -2.34. The summed E-state index contributed by atoms with van der Waals surface area (Å²) in [4.78, 5) is 39.6. The first-order valence-electron chi connectivity index (χ1n) is 9.73. The number of carbonyl (C=O) groups is 2. The summed E-state index contributed by atoms with van der Waals surface area (Å²) in [6.45, 7) is 3.76. The Morgan fingerprint density at radius 1 is 1.21 bits per heavy atom. The molecule has 0 unspecified atom stereocenters. The molecule has 2 amide bonds. The molecule has 11 heteroatoms. The van der Waals surface area contributed by atoms with Gasteiger partial charge in [-0.05, 0) is 6.42 Å². The zero-order chi connectivity index (χ0) is 20.1. The van der Waals surface area contributed by atoms with Gasteiger partial charge in [0.25, 0.3) is 0 Å². The van der Waals surface area contributed by atoms with E-state index in [0.717, 1.165) is 0 Å². The number of hydrogen-bond acceptors (Lipinski definition) is 8. The average Bonchev–Trinajstić information content (AvgIpc) is 3.27. The maximum absolute atomic E-state index is 12.7. The molecule has 0 radical (unpaired) electrons. The van der Waals surface area contributed by atoms with Crippen LogP contribution in [0.3, 0.4) is 0 Å². The second kappa shape index (κ2) is 9.05. The Morgan fingerprint density at radius 3 is 2.83 bits per heavy atom. The first-order valence-corrected chi connectivity index (χ1v) is 9.73. The Kier molecular flexibility index (Phi) is 6.06. The monoisotopic (exact) mass is 400 g/mol. The zero-order valence-electron chi connectivity index (χ0n) is 16.0. The van der Waals surface area contributed by atoms with Crippen molar-refractivity contribution < 1.29 is 14.3 Å². The van der Waals surface area contributed by atoms with Crippen molar-refractivity contribution in [2.24, 2.45) is 11.8 Å². The smallest absolute Gasteiger partial charge is 0.227 e. The highest BCUT2D eigenvalue weighted by Crippen LogP contribution is 2.20. The van der Waals surface area contributed by atoms with Crippen LogP contribution in [0.1, 0.15) is 12.2 Å². The van der Waals surface area contributed by atoms with Crippen molar-refractivity contribution >= 4 is 11.8 Å². The molecule has 2 aromatic rings. The number of piperidine rings is 1. The summed E-state index contributed by atoms with van der Waals surface area (Å²) < 4.78 is 5.31. The Hall–Kier alpha value is -2.92. The second-order valence-electron chi connectivity index (χ2n) is 7.14. The third kappa shape index (κ3) is 4.74. The number of hydrogen-bond donors (Lipinski definition) is 3. The fourth-order valence-corrected chi connectivity index (χ4v) is 3.59. The second-order valence-corrected chi connectivity index (χ2v) is 7.14. The molecule has 154 valence electrons.